The Bertz CT molecular complexity index is 119. The number of rotatable bonds is 3. The highest BCUT2D eigenvalue weighted by Gasteiger charge is 1.93. The minimum atomic E-state index is -0.954. The molecule has 0 heterocycles. The SMILES string of the molecule is C=COC(C)=O.OCC(O)CO. The van der Waals surface area contributed by atoms with Crippen LogP contribution in [-0.4, -0.2) is 40.6 Å². The topological polar surface area (TPSA) is 87.0 Å². The number of aliphatic hydroxyl groups is 3. The van der Waals surface area contributed by atoms with E-state index in [1.54, 1.807) is 0 Å². The molecule has 0 aliphatic rings. The first-order valence-corrected chi connectivity index (χ1v) is 3.26. The number of carbonyl (C=O) groups is 1. The molecular weight excluding hydrogens is 164 g/mol. The van der Waals surface area contributed by atoms with Gasteiger partial charge in [0.05, 0.1) is 19.5 Å². The fourth-order valence-electron chi connectivity index (χ4n) is 0.175. The van der Waals surface area contributed by atoms with Crippen molar-refractivity contribution in [3.8, 4) is 0 Å². The van der Waals surface area contributed by atoms with E-state index in [4.69, 9.17) is 15.3 Å². The lowest BCUT2D eigenvalue weighted by Crippen LogP contribution is -2.15. The predicted molar refractivity (Wildman–Crippen MR) is 42.1 cm³/mol. The molecule has 0 spiro atoms. The highest BCUT2D eigenvalue weighted by molar-refractivity contribution is 5.66. The lowest BCUT2D eigenvalue weighted by molar-refractivity contribution is -0.135. The van der Waals surface area contributed by atoms with E-state index >= 15 is 0 Å². The number of aliphatic hydroxyl groups excluding tert-OH is 3. The Kier molecular flexibility index (Phi) is 11.5. The summed E-state index contributed by atoms with van der Waals surface area (Å²) in [6.45, 7) is 3.75. The summed E-state index contributed by atoms with van der Waals surface area (Å²) in [7, 11) is 0. The third-order valence-electron chi connectivity index (χ3n) is 0.671. The molecular formula is C7H14O5. The van der Waals surface area contributed by atoms with Crippen LogP contribution in [0.4, 0.5) is 0 Å². The van der Waals surface area contributed by atoms with Gasteiger partial charge in [-0.3, -0.25) is 4.79 Å². The predicted octanol–water partition coefficient (Wildman–Crippen LogP) is -0.975. The molecule has 0 unspecified atom stereocenters. The number of carbonyl (C=O) groups excluding carboxylic acids is 1. The number of hydrogen-bond donors (Lipinski definition) is 3. The van der Waals surface area contributed by atoms with Crippen LogP contribution in [0.2, 0.25) is 0 Å². The van der Waals surface area contributed by atoms with Crippen LogP contribution in [0.5, 0.6) is 0 Å². The lowest BCUT2D eigenvalue weighted by Gasteiger charge is -1.96. The van der Waals surface area contributed by atoms with Crippen molar-refractivity contribution in [2.45, 2.75) is 13.0 Å². The molecule has 0 aliphatic carbocycles. The highest BCUT2D eigenvalue weighted by Crippen LogP contribution is 1.71. The van der Waals surface area contributed by atoms with E-state index in [9.17, 15) is 4.79 Å². The first-order chi connectivity index (χ1) is 5.58. The molecule has 0 saturated carbocycles. The molecule has 5 heteroatoms. The molecule has 0 aliphatic heterocycles. The van der Waals surface area contributed by atoms with E-state index < -0.39 is 6.10 Å². The minimum Gasteiger partial charge on any atom is -0.435 e. The Hall–Kier alpha value is -0.910. The van der Waals surface area contributed by atoms with Crippen molar-refractivity contribution < 1.29 is 24.9 Å². The van der Waals surface area contributed by atoms with E-state index in [2.05, 4.69) is 11.3 Å². The van der Waals surface area contributed by atoms with Gasteiger partial charge in [-0.05, 0) is 0 Å². The molecule has 5 nitrogen and oxygen atoms in total. The summed E-state index contributed by atoms with van der Waals surface area (Å²) in [6, 6.07) is 0. The van der Waals surface area contributed by atoms with Crippen LogP contribution in [0.25, 0.3) is 0 Å². The molecule has 72 valence electrons. The van der Waals surface area contributed by atoms with Crippen LogP contribution >= 0.6 is 0 Å². The zero-order valence-electron chi connectivity index (χ0n) is 6.93. The van der Waals surface area contributed by atoms with Crippen molar-refractivity contribution >= 4 is 5.97 Å². The summed E-state index contributed by atoms with van der Waals surface area (Å²) >= 11 is 0. The summed E-state index contributed by atoms with van der Waals surface area (Å²) in [5.74, 6) is -0.329. The van der Waals surface area contributed by atoms with Crippen LogP contribution in [0.15, 0.2) is 12.8 Å². The first-order valence-electron chi connectivity index (χ1n) is 3.26. The molecule has 0 fully saturated rings. The molecule has 3 N–H and O–H groups in total. The maximum absolute atomic E-state index is 9.75. The van der Waals surface area contributed by atoms with E-state index in [0.717, 1.165) is 6.26 Å². The van der Waals surface area contributed by atoms with Crippen molar-refractivity contribution in [2.24, 2.45) is 0 Å². The highest BCUT2D eigenvalue weighted by atomic mass is 16.5. The molecule has 0 radical (unpaired) electrons. The Balaban J connectivity index is 0. The molecule has 0 bridgehead atoms. The van der Waals surface area contributed by atoms with Crippen LogP contribution in [0.3, 0.4) is 0 Å². The summed E-state index contributed by atoms with van der Waals surface area (Å²) in [4.78, 5) is 9.75. The van der Waals surface area contributed by atoms with Gasteiger partial charge in [0.1, 0.15) is 6.10 Å². The van der Waals surface area contributed by atoms with Gasteiger partial charge in [0.25, 0.3) is 0 Å². The van der Waals surface area contributed by atoms with Gasteiger partial charge in [-0.25, -0.2) is 0 Å². The van der Waals surface area contributed by atoms with Gasteiger partial charge in [0.15, 0.2) is 0 Å². The van der Waals surface area contributed by atoms with Crippen LogP contribution < -0.4 is 0 Å². The molecule has 0 rings (SSSR count). The molecule has 0 atom stereocenters. The Morgan fingerprint density at radius 2 is 2.00 bits per heavy atom. The largest absolute Gasteiger partial charge is 0.435 e. The van der Waals surface area contributed by atoms with Crippen molar-refractivity contribution in [3.05, 3.63) is 12.8 Å². The Labute approximate surface area is 70.9 Å². The molecule has 0 aromatic carbocycles. The van der Waals surface area contributed by atoms with Gasteiger partial charge in [0, 0.05) is 6.92 Å². The standard InChI is InChI=1S/C4H6O2.C3H8O3/c1-3-6-4(2)5;4-1-3(6)2-5/h3H,1H2,2H3;3-6H,1-2H2. The van der Waals surface area contributed by atoms with Gasteiger partial charge >= 0.3 is 5.97 Å². The maximum atomic E-state index is 9.75. The lowest BCUT2D eigenvalue weighted by atomic mass is 10.4. The molecule has 12 heavy (non-hydrogen) atoms. The molecule has 0 amide bonds. The smallest absolute Gasteiger partial charge is 0.307 e. The molecule has 0 aromatic rings. The second-order valence-corrected chi connectivity index (χ2v) is 1.80. The van der Waals surface area contributed by atoms with Gasteiger partial charge in [0.2, 0.25) is 0 Å². The van der Waals surface area contributed by atoms with Crippen molar-refractivity contribution in [1.29, 1.82) is 0 Å². The monoisotopic (exact) mass is 178 g/mol. The van der Waals surface area contributed by atoms with Crippen molar-refractivity contribution in [1.82, 2.24) is 0 Å². The number of hydrogen-bond acceptors (Lipinski definition) is 5. The van der Waals surface area contributed by atoms with Crippen LogP contribution in [0.1, 0.15) is 6.92 Å². The summed E-state index contributed by atoms with van der Waals surface area (Å²) in [5, 5.41) is 24.0. The molecule has 0 aromatic heterocycles. The fourth-order valence-corrected chi connectivity index (χ4v) is 0.175. The third kappa shape index (κ3) is 16.0. The maximum Gasteiger partial charge on any atom is 0.307 e. The Morgan fingerprint density at radius 1 is 1.58 bits per heavy atom. The second-order valence-electron chi connectivity index (χ2n) is 1.80. The van der Waals surface area contributed by atoms with E-state index in [1.165, 1.54) is 6.92 Å². The minimum absolute atomic E-state index is 0.329. The van der Waals surface area contributed by atoms with Gasteiger partial charge in [-0.1, -0.05) is 6.58 Å². The average Bonchev–Trinajstić information content (AvgIpc) is 2.04. The third-order valence-corrected chi connectivity index (χ3v) is 0.671. The van der Waals surface area contributed by atoms with E-state index in [-0.39, 0.29) is 19.2 Å². The first kappa shape index (κ1) is 13.7. The van der Waals surface area contributed by atoms with E-state index in [1.807, 2.05) is 0 Å². The summed E-state index contributed by atoms with van der Waals surface area (Å²) < 4.78 is 4.17. The Morgan fingerprint density at radius 3 is 2.00 bits per heavy atom. The van der Waals surface area contributed by atoms with Gasteiger partial charge < -0.3 is 20.1 Å². The van der Waals surface area contributed by atoms with Crippen LogP contribution in [0, 0.1) is 0 Å². The average molecular weight is 178 g/mol. The summed E-state index contributed by atoms with van der Waals surface area (Å²) in [6.07, 6.45) is 0.146. The fraction of sp³-hybridized carbons (Fsp3) is 0.571. The second kappa shape index (κ2) is 10.1. The number of ether oxygens (including phenoxy) is 1. The molecule has 0 saturated heterocycles. The summed E-state index contributed by atoms with van der Waals surface area (Å²) in [5.41, 5.74) is 0. The normalized spacial score (nSPS) is 8.42. The van der Waals surface area contributed by atoms with Crippen LogP contribution in [-0.2, 0) is 9.53 Å². The van der Waals surface area contributed by atoms with Gasteiger partial charge in [-0.15, -0.1) is 0 Å². The quantitative estimate of drug-likeness (QED) is 0.382. The number of esters is 1. The van der Waals surface area contributed by atoms with E-state index in [0.29, 0.717) is 0 Å². The van der Waals surface area contributed by atoms with Crippen molar-refractivity contribution in [3.63, 3.8) is 0 Å². The zero-order valence-corrected chi connectivity index (χ0v) is 6.93. The zero-order chi connectivity index (χ0) is 9.98. The van der Waals surface area contributed by atoms with Crippen molar-refractivity contribution in [2.75, 3.05) is 13.2 Å². The van der Waals surface area contributed by atoms with Gasteiger partial charge in [-0.2, -0.15) is 0 Å².